The molecule has 3 nitrogen and oxygen atoms in total. The number of benzene rings is 3. The van der Waals surface area contributed by atoms with Gasteiger partial charge in [0.2, 0.25) is 0 Å². The second kappa shape index (κ2) is 4.67. The minimum Gasteiger partial charge on any atom is -0.507 e. The third kappa shape index (κ3) is 1.69. The van der Waals surface area contributed by atoms with Crippen molar-refractivity contribution in [1.82, 2.24) is 0 Å². The molecule has 1 N–H and O–H groups in total. The first-order chi connectivity index (χ1) is 10.7. The maximum Gasteiger partial charge on any atom is 0.161 e. The van der Waals surface area contributed by atoms with Crippen LogP contribution in [0.4, 0.5) is 0 Å². The Balaban J connectivity index is 2.07. The summed E-state index contributed by atoms with van der Waals surface area (Å²) < 4.78 is 10.8. The second-order valence-corrected chi connectivity index (χ2v) is 5.51. The van der Waals surface area contributed by atoms with Gasteiger partial charge in [0, 0.05) is 5.56 Å². The monoisotopic (exact) mass is 292 g/mol. The average Bonchev–Trinajstić information content (AvgIpc) is 2.94. The Morgan fingerprint density at radius 1 is 0.955 bits per heavy atom. The summed E-state index contributed by atoms with van der Waals surface area (Å²) in [6.45, 7) is 0. The van der Waals surface area contributed by atoms with Crippen molar-refractivity contribution < 1.29 is 14.6 Å². The van der Waals surface area contributed by atoms with Crippen LogP contribution in [0.2, 0.25) is 0 Å². The fourth-order valence-electron chi connectivity index (χ4n) is 3.38. The van der Waals surface area contributed by atoms with Gasteiger partial charge in [0.25, 0.3) is 0 Å². The topological polar surface area (TPSA) is 38.7 Å². The Labute approximate surface area is 128 Å². The number of phenolic OH excluding ortho intramolecular Hbond substituents is 1. The maximum atomic E-state index is 10.5. The summed E-state index contributed by atoms with van der Waals surface area (Å²) in [5.74, 6) is 1.70. The predicted octanol–water partition coefficient (Wildman–Crippen LogP) is 4.13. The van der Waals surface area contributed by atoms with Crippen molar-refractivity contribution in [3.63, 3.8) is 0 Å². The van der Waals surface area contributed by atoms with E-state index < -0.39 is 0 Å². The van der Waals surface area contributed by atoms with Crippen LogP contribution < -0.4 is 9.47 Å². The van der Waals surface area contributed by atoms with Crippen molar-refractivity contribution in [3.8, 4) is 28.4 Å². The highest BCUT2D eigenvalue weighted by atomic mass is 16.5. The average molecular weight is 292 g/mol. The number of methoxy groups -OCH3 is 2. The van der Waals surface area contributed by atoms with Gasteiger partial charge in [-0.15, -0.1) is 0 Å². The summed E-state index contributed by atoms with van der Waals surface area (Å²) >= 11 is 0. The molecule has 0 heterocycles. The van der Waals surface area contributed by atoms with Gasteiger partial charge in [-0.3, -0.25) is 0 Å². The molecule has 3 aromatic rings. The number of hydrogen-bond donors (Lipinski definition) is 1. The molecule has 0 unspecified atom stereocenters. The Morgan fingerprint density at radius 2 is 1.68 bits per heavy atom. The van der Waals surface area contributed by atoms with Gasteiger partial charge < -0.3 is 14.6 Å². The van der Waals surface area contributed by atoms with Gasteiger partial charge in [0.05, 0.1) is 14.2 Å². The van der Waals surface area contributed by atoms with Crippen LogP contribution >= 0.6 is 0 Å². The highest BCUT2D eigenvalue weighted by molar-refractivity contribution is 5.99. The molecule has 0 saturated carbocycles. The van der Waals surface area contributed by atoms with E-state index in [9.17, 15) is 5.11 Å². The zero-order chi connectivity index (χ0) is 15.3. The van der Waals surface area contributed by atoms with E-state index >= 15 is 0 Å². The van der Waals surface area contributed by atoms with Crippen molar-refractivity contribution >= 4 is 10.8 Å². The zero-order valence-corrected chi connectivity index (χ0v) is 12.5. The smallest absolute Gasteiger partial charge is 0.161 e. The van der Waals surface area contributed by atoms with Crippen LogP contribution in [0.15, 0.2) is 42.5 Å². The fourth-order valence-corrected chi connectivity index (χ4v) is 3.38. The van der Waals surface area contributed by atoms with Gasteiger partial charge in [-0.2, -0.15) is 0 Å². The lowest BCUT2D eigenvalue weighted by atomic mass is 9.97. The van der Waals surface area contributed by atoms with Gasteiger partial charge in [-0.25, -0.2) is 0 Å². The number of ether oxygens (including phenoxy) is 2. The van der Waals surface area contributed by atoms with Crippen LogP contribution in [-0.2, 0) is 6.42 Å². The van der Waals surface area contributed by atoms with Crippen LogP contribution in [0.25, 0.3) is 21.9 Å². The quantitative estimate of drug-likeness (QED) is 0.603. The van der Waals surface area contributed by atoms with E-state index in [1.807, 2.05) is 24.3 Å². The van der Waals surface area contributed by atoms with E-state index in [-0.39, 0.29) is 0 Å². The van der Waals surface area contributed by atoms with Crippen molar-refractivity contribution in [1.29, 1.82) is 0 Å². The lowest BCUT2D eigenvalue weighted by Gasteiger charge is -2.13. The SMILES string of the molecule is COc1cc2cc(O)c3c(c2cc1OC)Cc1ccccc1-3. The first-order valence-corrected chi connectivity index (χ1v) is 7.21. The molecule has 1 aliphatic carbocycles. The predicted molar refractivity (Wildman–Crippen MR) is 87.0 cm³/mol. The highest BCUT2D eigenvalue weighted by Gasteiger charge is 2.24. The van der Waals surface area contributed by atoms with Crippen LogP contribution in [0.1, 0.15) is 11.1 Å². The molecular formula is C19H16O3. The summed E-state index contributed by atoms with van der Waals surface area (Å²) in [5.41, 5.74) is 4.45. The molecule has 1 aliphatic rings. The third-order valence-electron chi connectivity index (χ3n) is 4.38. The largest absolute Gasteiger partial charge is 0.507 e. The van der Waals surface area contributed by atoms with Crippen molar-refractivity contribution in [2.75, 3.05) is 14.2 Å². The minimum absolute atomic E-state index is 0.319. The molecule has 110 valence electrons. The molecule has 4 rings (SSSR count). The number of aromatic hydroxyl groups is 1. The fraction of sp³-hybridized carbons (Fsp3) is 0.158. The normalized spacial score (nSPS) is 12.1. The minimum atomic E-state index is 0.319. The Bertz CT molecular complexity index is 897. The van der Waals surface area contributed by atoms with Crippen molar-refractivity contribution in [2.24, 2.45) is 0 Å². The molecule has 0 aromatic heterocycles. The molecule has 22 heavy (non-hydrogen) atoms. The molecule has 0 radical (unpaired) electrons. The standard InChI is InChI=1S/C19H16O3/c1-21-17-9-12-8-16(20)19-13-6-4-3-5-11(13)7-15(19)14(12)10-18(17)22-2/h3-6,8-10,20H,7H2,1-2H3. The van der Waals surface area contributed by atoms with E-state index in [1.54, 1.807) is 20.3 Å². The first kappa shape index (κ1) is 13.0. The summed E-state index contributed by atoms with van der Waals surface area (Å²) in [6.07, 6.45) is 0.825. The van der Waals surface area contributed by atoms with Gasteiger partial charge in [0.15, 0.2) is 11.5 Å². The molecule has 3 heteroatoms. The van der Waals surface area contributed by atoms with Crippen LogP contribution in [-0.4, -0.2) is 19.3 Å². The summed E-state index contributed by atoms with van der Waals surface area (Å²) in [6, 6.07) is 13.9. The lowest BCUT2D eigenvalue weighted by Crippen LogP contribution is -1.92. The zero-order valence-electron chi connectivity index (χ0n) is 12.5. The Kier molecular flexibility index (Phi) is 2.76. The number of hydrogen-bond acceptors (Lipinski definition) is 3. The summed E-state index contributed by atoms with van der Waals surface area (Å²) in [4.78, 5) is 0. The van der Waals surface area contributed by atoms with Crippen molar-refractivity contribution in [2.45, 2.75) is 6.42 Å². The number of phenols is 1. The maximum absolute atomic E-state index is 10.5. The van der Waals surface area contributed by atoms with E-state index in [0.29, 0.717) is 17.2 Å². The first-order valence-electron chi connectivity index (χ1n) is 7.21. The molecule has 0 aliphatic heterocycles. The molecule has 0 atom stereocenters. The molecule has 0 saturated heterocycles. The molecule has 0 spiro atoms. The third-order valence-corrected chi connectivity index (χ3v) is 4.38. The van der Waals surface area contributed by atoms with Gasteiger partial charge >= 0.3 is 0 Å². The van der Waals surface area contributed by atoms with Gasteiger partial charge in [-0.05, 0) is 52.1 Å². The lowest BCUT2D eigenvalue weighted by molar-refractivity contribution is 0.356. The second-order valence-electron chi connectivity index (χ2n) is 5.51. The van der Waals surface area contributed by atoms with E-state index in [4.69, 9.17) is 9.47 Å². The molecule has 0 fully saturated rings. The summed E-state index contributed by atoms with van der Waals surface area (Å²) in [7, 11) is 3.26. The molecule has 0 amide bonds. The van der Waals surface area contributed by atoms with E-state index in [0.717, 1.165) is 33.9 Å². The summed E-state index contributed by atoms with van der Waals surface area (Å²) in [5, 5.41) is 12.6. The van der Waals surface area contributed by atoms with E-state index in [2.05, 4.69) is 12.1 Å². The van der Waals surface area contributed by atoms with Crippen molar-refractivity contribution in [3.05, 3.63) is 53.6 Å². The van der Waals surface area contributed by atoms with E-state index in [1.165, 1.54) is 5.56 Å². The molecule has 3 aromatic carbocycles. The van der Waals surface area contributed by atoms with Crippen LogP contribution in [0, 0.1) is 0 Å². The van der Waals surface area contributed by atoms with Crippen LogP contribution in [0.3, 0.4) is 0 Å². The number of rotatable bonds is 2. The molecular weight excluding hydrogens is 276 g/mol. The van der Waals surface area contributed by atoms with Gasteiger partial charge in [-0.1, -0.05) is 24.3 Å². The molecule has 0 bridgehead atoms. The van der Waals surface area contributed by atoms with Crippen LogP contribution in [0.5, 0.6) is 17.2 Å². The Morgan fingerprint density at radius 3 is 2.45 bits per heavy atom. The Hall–Kier alpha value is -2.68. The number of fused-ring (bicyclic) bond motifs is 5. The highest BCUT2D eigenvalue weighted by Crippen LogP contribution is 2.47. The van der Waals surface area contributed by atoms with Gasteiger partial charge in [0.1, 0.15) is 5.75 Å².